The van der Waals surface area contributed by atoms with E-state index in [2.05, 4.69) is 27.8 Å². The third-order valence-corrected chi connectivity index (χ3v) is 5.93. The largest absolute Gasteiger partial charge is 0.497 e. The van der Waals surface area contributed by atoms with Gasteiger partial charge in [-0.05, 0) is 30.8 Å². The number of imide groups is 1. The van der Waals surface area contributed by atoms with Crippen LogP contribution in [0.4, 0.5) is 4.79 Å². The second-order valence-electron chi connectivity index (χ2n) is 7.08. The highest BCUT2D eigenvalue weighted by Crippen LogP contribution is 2.28. The number of hydrogen-bond acceptors (Lipinski definition) is 6. The minimum atomic E-state index is -1.51. The summed E-state index contributed by atoms with van der Waals surface area (Å²) in [5, 5.41) is 9.82. The molecule has 1 saturated heterocycles. The zero-order valence-corrected chi connectivity index (χ0v) is 17.3. The molecule has 3 heterocycles. The van der Waals surface area contributed by atoms with Crippen molar-refractivity contribution in [1.29, 1.82) is 0 Å². The lowest BCUT2D eigenvalue weighted by atomic mass is 9.99. The Labute approximate surface area is 177 Å². The van der Waals surface area contributed by atoms with Crippen LogP contribution in [0.25, 0.3) is 0 Å². The number of fused-ring (bicyclic) bond motifs is 1. The minimum absolute atomic E-state index is 0.0547. The fourth-order valence-electron chi connectivity index (χ4n) is 3.50. The van der Waals surface area contributed by atoms with Gasteiger partial charge in [0.05, 0.1) is 13.7 Å². The van der Waals surface area contributed by atoms with Gasteiger partial charge in [0.25, 0.3) is 11.8 Å². The van der Waals surface area contributed by atoms with Gasteiger partial charge in [0, 0.05) is 34.5 Å². The molecule has 0 bridgehead atoms. The Morgan fingerprint density at radius 3 is 2.83 bits per heavy atom. The number of carbonyl (C=O) groups is 3. The van der Waals surface area contributed by atoms with Gasteiger partial charge in [-0.25, -0.2) is 4.79 Å². The number of urea groups is 1. The summed E-state index contributed by atoms with van der Waals surface area (Å²) in [6.45, 7) is 0.995. The van der Waals surface area contributed by atoms with E-state index in [-0.39, 0.29) is 12.5 Å². The molecule has 3 N–H and O–H groups in total. The van der Waals surface area contributed by atoms with Crippen molar-refractivity contribution in [2.45, 2.75) is 18.6 Å². The minimum Gasteiger partial charge on any atom is -0.497 e. The van der Waals surface area contributed by atoms with Gasteiger partial charge in [-0.2, -0.15) is 0 Å². The first-order valence-corrected chi connectivity index (χ1v) is 10.2. The van der Waals surface area contributed by atoms with Crippen molar-refractivity contribution in [2.24, 2.45) is 0 Å². The Bertz CT molecular complexity index is 1100. The van der Waals surface area contributed by atoms with Crippen LogP contribution in [0.1, 0.15) is 26.4 Å². The first-order chi connectivity index (χ1) is 14.4. The number of methoxy groups -OCH3 is 1. The Kier molecular flexibility index (Phi) is 5.20. The van der Waals surface area contributed by atoms with Gasteiger partial charge in [0.1, 0.15) is 5.75 Å². The molecule has 1 aromatic carbocycles. The molecule has 2 aliphatic heterocycles. The van der Waals surface area contributed by atoms with E-state index in [9.17, 15) is 14.4 Å². The third-order valence-electron chi connectivity index (χ3n) is 4.99. The molecule has 0 unspecified atom stereocenters. The number of thiophene rings is 1. The van der Waals surface area contributed by atoms with E-state index >= 15 is 0 Å². The zero-order valence-electron chi connectivity index (χ0n) is 16.5. The molecule has 2 aromatic rings. The molecular weight excluding hydrogens is 404 g/mol. The summed E-state index contributed by atoms with van der Waals surface area (Å²) in [6.07, 6.45) is 0. The Morgan fingerprint density at radius 1 is 1.30 bits per heavy atom. The summed E-state index contributed by atoms with van der Waals surface area (Å²) in [5.41, 5.74) is 0.600. The number of ether oxygens (including phenoxy) is 1. The van der Waals surface area contributed by atoms with Crippen LogP contribution in [-0.2, 0) is 17.9 Å². The molecule has 4 amide bonds. The van der Waals surface area contributed by atoms with Crippen LogP contribution >= 0.6 is 11.3 Å². The highest BCUT2D eigenvalue weighted by Gasteiger charge is 2.48. The molecule has 0 radical (unpaired) electrons. The van der Waals surface area contributed by atoms with Crippen LogP contribution in [0.5, 0.6) is 5.75 Å². The second-order valence-corrected chi connectivity index (χ2v) is 8.08. The van der Waals surface area contributed by atoms with Gasteiger partial charge in [-0.3, -0.25) is 14.9 Å². The fourth-order valence-corrected chi connectivity index (χ4v) is 4.33. The van der Waals surface area contributed by atoms with Gasteiger partial charge in [0.2, 0.25) is 5.54 Å². The quantitative estimate of drug-likeness (QED) is 0.492. The number of rotatable bonds is 5. The molecule has 1 aromatic heterocycles. The molecule has 1 fully saturated rings. The highest BCUT2D eigenvalue weighted by atomic mass is 32.1. The number of nitrogens with zero attached hydrogens (tertiary/aromatic N) is 1. The molecule has 0 aliphatic carbocycles. The monoisotopic (exact) mass is 424 g/mol. The van der Waals surface area contributed by atoms with E-state index < -0.39 is 17.5 Å². The molecule has 9 heteroatoms. The van der Waals surface area contributed by atoms with Crippen LogP contribution < -0.4 is 20.7 Å². The number of amides is 4. The molecular formula is C21H20N4O4S. The lowest BCUT2D eigenvalue weighted by Crippen LogP contribution is -2.54. The first-order valence-electron chi connectivity index (χ1n) is 9.29. The third kappa shape index (κ3) is 3.63. The molecule has 1 atom stereocenters. The predicted molar refractivity (Wildman–Crippen MR) is 111 cm³/mol. The summed E-state index contributed by atoms with van der Waals surface area (Å²) in [4.78, 5) is 40.1. The molecule has 154 valence electrons. The van der Waals surface area contributed by atoms with Crippen molar-refractivity contribution in [2.75, 3.05) is 20.7 Å². The second kappa shape index (κ2) is 7.82. The van der Waals surface area contributed by atoms with Gasteiger partial charge in [-0.15, -0.1) is 11.3 Å². The SMILES string of the molecule is CNCc1cc(C#C[C@]2(CN3Cc4ccc(OC)cc4C3=O)NC(=O)NC2=O)cs1. The van der Waals surface area contributed by atoms with Crippen molar-refractivity contribution in [3.63, 3.8) is 0 Å². The lowest BCUT2D eigenvalue weighted by molar-refractivity contribution is -0.122. The average molecular weight is 424 g/mol. The topological polar surface area (TPSA) is 99.8 Å². The number of nitrogens with one attached hydrogen (secondary N) is 3. The highest BCUT2D eigenvalue weighted by molar-refractivity contribution is 7.10. The maximum Gasteiger partial charge on any atom is 0.323 e. The maximum absolute atomic E-state index is 12.9. The summed E-state index contributed by atoms with van der Waals surface area (Å²) in [6, 6.07) is 6.60. The van der Waals surface area contributed by atoms with Gasteiger partial charge < -0.3 is 20.3 Å². The van der Waals surface area contributed by atoms with Crippen LogP contribution in [-0.4, -0.2) is 49.0 Å². The molecule has 2 aliphatic rings. The summed E-state index contributed by atoms with van der Waals surface area (Å²) >= 11 is 1.56. The molecule has 0 spiro atoms. The number of benzene rings is 1. The molecule has 8 nitrogen and oxygen atoms in total. The summed E-state index contributed by atoms with van der Waals surface area (Å²) < 4.78 is 5.20. The molecule has 30 heavy (non-hydrogen) atoms. The fraction of sp³-hybridized carbons (Fsp3) is 0.286. The number of carbonyl (C=O) groups excluding carboxylic acids is 3. The molecule has 0 saturated carbocycles. The zero-order chi connectivity index (χ0) is 21.3. The Morgan fingerprint density at radius 2 is 2.13 bits per heavy atom. The van der Waals surface area contributed by atoms with Crippen molar-refractivity contribution in [3.05, 3.63) is 51.2 Å². The van der Waals surface area contributed by atoms with Gasteiger partial charge in [0.15, 0.2) is 0 Å². The van der Waals surface area contributed by atoms with E-state index in [1.165, 1.54) is 12.0 Å². The van der Waals surface area contributed by atoms with Crippen molar-refractivity contribution < 1.29 is 19.1 Å². The first kappa shape index (κ1) is 19.9. The molecule has 4 rings (SSSR count). The van der Waals surface area contributed by atoms with Crippen molar-refractivity contribution in [1.82, 2.24) is 20.9 Å². The predicted octanol–water partition coefficient (Wildman–Crippen LogP) is 1.06. The summed E-state index contributed by atoms with van der Waals surface area (Å²) in [7, 11) is 3.40. The normalized spacial score (nSPS) is 19.8. The maximum atomic E-state index is 12.9. The van der Waals surface area contributed by atoms with Crippen LogP contribution in [0.3, 0.4) is 0 Å². The van der Waals surface area contributed by atoms with Crippen molar-refractivity contribution >= 4 is 29.2 Å². The van der Waals surface area contributed by atoms with E-state index in [1.807, 2.05) is 24.6 Å². The van der Waals surface area contributed by atoms with E-state index in [0.717, 1.165) is 22.5 Å². The lowest BCUT2D eigenvalue weighted by Gasteiger charge is -2.26. The Hall–Kier alpha value is -3.35. The standard InChI is InChI=1S/C21H20N4O4S/c1-22-9-16-7-13(11-30-16)5-6-21(19(27)23-20(28)24-21)12-25-10-14-3-4-15(29-2)8-17(14)18(25)26/h3-4,7-8,11,22H,9-10,12H2,1-2H3,(H2,23,24,27,28)/t21-/m1/s1. The van der Waals surface area contributed by atoms with E-state index in [0.29, 0.717) is 17.9 Å². The smallest absolute Gasteiger partial charge is 0.323 e. The van der Waals surface area contributed by atoms with Crippen LogP contribution in [0.15, 0.2) is 29.6 Å². The van der Waals surface area contributed by atoms with Gasteiger partial charge >= 0.3 is 6.03 Å². The Balaban J connectivity index is 1.61. The average Bonchev–Trinajstić information content (AvgIpc) is 3.38. The van der Waals surface area contributed by atoms with Gasteiger partial charge in [-0.1, -0.05) is 17.9 Å². The van der Waals surface area contributed by atoms with Crippen molar-refractivity contribution in [3.8, 4) is 17.6 Å². The van der Waals surface area contributed by atoms with Crippen LogP contribution in [0.2, 0.25) is 0 Å². The van der Waals surface area contributed by atoms with E-state index in [1.54, 1.807) is 23.5 Å². The number of hydrogen-bond donors (Lipinski definition) is 3. The van der Waals surface area contributed by atoms with Crippen LogP contribution in [0, 0.1) is 11.8 Å². The summed E-state index contributed by atoms with van der Waals surface area (Å²) in [5.74, 6) is 5.69. The van der Waals surface area contributed by atoms with E-state index in [4.69, 9.17) is 4.74 Å².